The third-order valence-corrected chi connectivity index (χ3v) is 2.72. The average Bonchev–Trinajstić information content (AvgIpc) is 2.14. The molecule has 66 valence electrons. The molecule has 1 rings (SSSR count). The molecule has 1 aliphatic rings. The van der Waals surface area contributed by atoms with Gasteiger partial charge in [-0.15, -0.1) is 0 Å². The normalized spacial score (nSPS) is 21.9. The molecule has 0 bridgehead atoms. The Bertz CT molecular complexity index is 163. The molecule has 0 radical (unpaired) electrons. The van der Waals surface area contributed by atoms with Crippen molar-refractivity contribution in [2.75, 3.05) is 0 Å². The van der Waals surface area contributed by atoms with Crippen LogP contribution in [-0.4, -0.2) is 14.5 Å². The van der Waals surface area contributed by atoms with Gasteiger partial charge in [0.05, 0.1) is 0 Å². The predicted octanol–water partition coefficient (Wildman–Crippen LogP) is 0.825. The van der Waals surface area contributed by atoms with Gasteiger partial charge in [-0.05, 0) is 12.8 Å². The summed E-state index contributed by atoms with van der Waals surface area (Å²) in [6.45, 7) is 0. The smallest absolute Gasteiger partial charge is 0.201 e. The third kappa shape index (κ3) is 3.72. The fraction of sp³-hybridized carbons (Fsp3) is 1.00. The number of thiol groups is 1. The zero-order chi connectivity index (χ0) is 8.10. The Morgan fingerprint density at radius 1 is 1.00 bits per heavy atom. The summed E-state index contributed by atoms with van der Waals surface area (Å²) in [4.78, 5) is 0. The molecular formula is C7H15NO2S. The summed E-state index contributed by atoms with van der Waals surface area (Å²) in [6, 6.07) is 0.221. The van der Waals surface area contributed by atoms with Crippen LogP contribution in [0.25, 0.3) is 0 Å². The number of nitrogens with one attached hydrogen (secondary N) is 1. The average molecular weight is 177 g/mol. The first-order valence-corrected chi connectivity index (χ1v) is 5.37. The largest absolute Gasteiger partial charge is 0.216 e. The highest BCUT2D eigenvalue weighted by Gasteiger charge is 2.11. The summed E-state index contributed by atoms with van der Waals surface area (Å²) in [5.41, 5.74) is 0. The second-order valence-corrected chi connectivity index (χ2v) is 3.85. The van der Waals surface area contributed by atoms with Crippen molar-refractivity contribution in [3.05, 3.63) is 0 Å². The van der Waals surface area contributed by atoms with Crippen LogP contribution in [0.2, 0.25) is 0 Å². The van der Waals surface area contributed by atoms with Crippen molar-refractivity contribution in [2.24, 2.45) is 0 Å². The van der Waals surface area contributed by atoms with E-state index in [0.717, 1.165) is 12.8 Å². The van der Waals surface area contributed by atoms with Crippen LogP contribution in [0, 0.1) is 0 Å². The second kappa shape index (κ2) is 4.72. The molecule has 0 aliphatic heterocycles. The van der Waals surface area contributed by atoms with Gasteiger partial charge in [0.15, 0.2) is 0 Å². The second-order valence-electron chi connectivity index (χ2n) is 3.07. The van der Waals surface area contributed by atoms with Crippen molar-refractivity contribution in [2.45, 2.75) is 44.6 Å². The van der Waals surface area contributed by atoms with E-state index in [-0.39, 0.29) is 6.04 Å². The van der Waals surface area contributed by atoms with Gasteiger partial charge in [-0.3, -0.25) is 0 Å². The fourth-order valence-corrected chi connectivity index (χ4v) is 2.11. The molecule has 1 N–H and O–H groups in total. The molecule has 1 saturated carbocycles. The SMILES string of the molecule is O=[SH](=O)NC1CCCCCC1. The highest BCUT2D eigenvalue weighted by atomic mass is 32.2. The molecule has 0 atom stereocenters. The van der Waals surface area contributed by atoms with E-state index in [1.807, 2.05) is 0 Å². The van der Waals surface area contributed by atoms with Crippen LogP contribution in [0.15, 0.2) is 0 Å². The van der Waals surface area contributed by atoms with E-state index in [4.69, 9.17) is 0 Å². The van der Waals surface area contributed by atoms with Crippen molar-refractivity contribution in [1.29, 1.82) is 0 Å². The molecule has 0 heterocycles. The quantitative estimate of drug-likeness (QED) is 0.484. The van der Waals surface area contributed by atoms with Crippen molar-refractivity contribution >= 4 is 10.9 Å². The maximum atomic E-state index is 10.3. The van der Waals surface area contributed by atoms with Gasteiger partial charge in [0.1, 0.15) is 0 Å². The Morgan fingerprint density at radius 2 is 1.55 bits per heavy atom. The molecule has 0 aromatic rings. The summed E-state index contributed by atoms with van der Waals surface area (Å²) in [5, 5.41) is 0. The molecule has 0 amide bonds. The van der Waals surface area contributed by atoms with Crippen molar-refractivity contribution in [3.63, 3.8) is 0 Å². The molecule has 0 spiro atoms. The minimum absolute atomic E-state index is 0.221. The molecule has 1 fully saturated rings. The van der Waals surface area contributed by atoms with E-state index in [0.29, 0.717) is 0 Å². The minimum Gasteiger partial charge on any atom is -0.216 e. The molecular weight excluding hydrogens is 162 g/mol. The van der Waals surface area contributed by atoms with E-state index in [2.05, 4.69) is 4.72 Å². The Morgan fingerprint density at radius 3 is 2.00 bits per heavy atom. The zero-order valence-electron chi connectivity index (χ0n) is 6.58. The lowest BCUT2D eigenvalue weighted by molar-refractivity contribution is 0.521. The van der Waals surface area contributed by atoms with Gasteiger partial charge in [-0.2, -0.15) is 0 Å². The first-order valence-electron chi connectivity index (χ1n) is 4.19. The summed E-state index contributed by atoms with van der Waals surface area (Å²) in [5.74, 6) is 0. The van der Waals surface area contributed by atoms with Gasteiger partial charge in [0, 0.05) is 6.04 Å². The van der Waals surface area contributed by atoms with Gasteiger partial charge in [-0.25, -0.2) is 13.1 Å². The van der Waals surface area contributed by atoms with Gasteiger partial charge in [0.2, 0.25) is 10.9 Å². The van der Waals surface area contributed by atoms with Crippen molar-refractivity contribution in [1.82, 2.24) is 4.72 Å². The van der Waals surface area contributed by atoms with E-state index in [1.165, 1.54) is 25.7 Å². The van der Waals surface area contributed by atoms with Gasteiger partial charge in [-0.1, -0.05) is 25.7 Å². The van der Waals surface area contributed by atoms with Crippen LogP contribution in [-0.2, 0) is 10.9 Å². The van der Waals surface area contributed by atoms with Crippen LogP contribution >= 0.6 is 0 Å². The number of hydrogen-bond donors (Lipinski definition) is 2. The lowest BCUT2D eigenvalue weighted by Gasteiger charge is -2.09. The van der Waals surface area contributed by atoms with Crippen LogP contribution in [0.1, 0.15) is 38.5 Å². The molecule has 0 aromatic heterocycles. The highest BCUT2D eigenvalue weighted by molar-refractivity contribution is 7.70. The Kier molecular flexibility index (Phi) is 3.86. The topological polar surface area (TPSA) is 46.2 Å². The molecule has 11 heavy (non-hydrogen) atoms. The number of rotatable bonds is 2. The molecule has 4 heteroatoms. The highest BCUT2D eigenvalue weighted by Crippen LogP contribution is 2.16. The van der Waals surface area contributed by atoms with E-state index >= 15 is 0 Å². The zero-order valence-corrected chi connectivity index (χ0v) is 7.48. The van der Waals surface area contributed by atoms with E-state index in [1.54, 1.807) is 0 Å². The Hall–Kier alpha value is -0.0900. The van der Waals surface area contributed by atoms with Gasteiger partial charge < -0.3 is 0 Å². The van der Waals surface area contributed by atoms with Crippen LogP contribution in [0.3, 0.4) is 0 Å². The predicted molar refractivity (Wildman–Crippen MR) is 44.9 cm³/mol. The van der Waals surface area contributed by atoms with Crippen molar-refractivity contribution < 1.29 is 8.42 Å². The summed E-state index contributed by atoms with van der Waals surface area (Å²) >= 11 is 0. The lowest BCUT2D eigenvalue weighted by Crippen LogP contribution is -2.26. The van der Waals surface area contributed by atoms with E-state index < -0.39 is 10.9 Å². The third-order valence-electron chi connectivity index (χ3n) is 2.14. The maximum Gasteiger partial charge on any atom is 0.201 e. The molecule has 3 nitrogen and oxygen atoms in total. The van der Waals surface area contributed by atoms with Gasteiger partial charge in [0.25, 0.3) is 0 Å². The standard InChI is InChI=1S/C7H15NO2S/c9-11(10)8-7-5-3-1-2-4-6-7/h7,11H,1-6H2,(H,8,9,10). The first-order chi connectivity index (χ1) is 5.29. The lowest BCUT2D eigenvalue weighted by atomic mass is 10.1. The molecule has 0 aromatic carbocycles. The monoisotopic (exact) mass is 177 g/mol. The molecule has 1 aliphatic carbocycles. The summed E-state index contributed by atoms with van der Waals surface area (Å²) in [7, 11) is -2.39. The first kappa shape index (κ1) is 9.00. The van der Waals surface area contributed by atoms with E-state index in [9.17, 15) is 8.42 Å². The van der Waals surface area contributed by atoms with Crippen molar-refractivity contribution in [3.8, 4) is 0 Å². The fourth-order valence-electron chi connectivity index (χ4n) is 1.56. The van der Waals surface area contributed by atoms with Gasteiger partial charge >= 0.3 is 0 Å². The Balaban J connectivity index is 2.30. The van der Waals surface area contributed by atoms with Crippen LogP contribution < -0.4 is 4.72 Å². The molecule has 0 unspecified atom stereocenters. The summed E-state index contributed by atoms with van der Waals surface area (Å²) in [6.07, 6.45) is 6.88. The minimum atomic E-state index is -2.39. The summed E-state index contributed by atoms with van der Waals surface area (Å²) < 4.78 is 23.2. The Labute approximate surface area is 69.3 Å². The van der Waals surface area contributed by atoms with Crippen LogP contribution in [0.5, 0.6) is 0 Å². The number of hydrogen-bond acceptors (Lipinski definition) is 2. The maximum absolute atomic E-state index is 10.3. The van der Waals surface area contributed by atoms with Crippen LogP contribution in [0.4, 0.5) is 0 Å². The molecule has 0 saturated heterocycles.